The third-order valence-corrected chi connectivity index (χ3v) is 4.83. The molecule has 1 unspecified atom stereocenters. The zero-order chi connectivity index (χ0) is 14.0. The summed E-state index contributed by atoms with van der Waals surface area (Å²) in [6.07, 6.45) is 2.05. The van der Waals surface area contributed by atoms with Gasteiger partial charge in [0.25, 0.3) is 0 Å². The SMILES string of the molecule is CCc1ccc(C(CC)n2nc(C)c(I)c2N)cc1. The van der Waals surface area contributed by atoms with Crippen LogP contribution in [0, 0.1) is 10.5 Å². The van der Waals surface area contributed by atoms with Gasteiger partial charge in [0, 0.05) is 0 Å². The molecule has 1 aromatic carbocycles. The summed E-state index contributed by atoms with van der Waals surface area (Å²) in [5.74, 6) is 0.768. The predicted molar refractivity (Wildman–Crippen MR) is 88.3 cm³/mol. The van der Waals surface area contributed by atoms with Crippen LogP contribution < -0.4 is 5.73 Å². The number of anilines is 1. The molecule has 0 bridgehead atoms. The van der Waals surface area contributed by atoms with Crippen molar-refractivity contribution in [2.75, 3.05) is 5.73 Å². The Labute approximate surface area is 128 Å². The summed E-state index contributed by atoms with van der Waals surface area (Å²) in [7, 11) is 0. The van der Waals surface area contributed by atoms with Gasteiger partial charge in [-0.1, -0.05) is 38.1 Å². The smallest absolute Gasteiger partial charge is 0.136 e. The van der Waals surface area contributed by atoms with E-state index in [-0.39, 0.29) is 6.04 Å². The molecule has 0 saturated carbocycles. The lowest BCUT2D eigenvalue weighted by Gasteiger charge is -2.18. The zero-order valence-electron chi connectivity index (χ0n) is 11.7. The molecule has 4 heteroatoms. The summed E-state index contributed by atoms with van der Waals surface area (Å²) in [6, 6.07) is 8.98. The Morgan fingerprint density at radius 1 is 1.26 bits per heavy atom. The van der Waals surface area contributed by atoms with Crippen LogP contribution in [0.4, 0.5) is 5.82 Å². The van der Waals surface area contributed by atoms with E-state index in [9.17, 15) is 0 Å². The van der Waals surface area contributed by atoms with Gasteiger partial charge in [-0.2, -0.15) is 5.10 Å². The fraction of sp³-hybridized carbons (Fsp3) is 0.400. The Hall–Kier alpha value is -1.04. The summed E-state index contributed by atoms with van der Waals surface area (Å²) in [4.78, 5) is 0. The Kier molecular flexibility index (Phi) is 4.50. The summed E-state index contributed by atoms with van der Waals surface area (Å²) < 4.78 is 3.01. The highest BCUT2D eigenvalue weighted by Crippen LogP contribution is 2.28. The molecule has 0 aliphatic carbocycles. The van der Waals surface area contributed by atoms with E-state index in [0.717, 1.165) is 27.9 Å². The van der Waals surface area contributed by atoms with Gasteiger partial charge >= 0.3 is 0 Å². The molecule has 0 amide bonds. The Bertz CT molecular complexity index is 558. The fourth-order valence-corrected chi connectivity index (χ4v) is 2.66. The van der Waals surface area contributed by atoms with E-state index in [2.05, 4.69) is 65.8 Å². The van der Waals surface area contributed by atoms with Crippen molar-refractivity contribution in [3.8, 4) is 0 Å². The molecule has 2 rings (SSSR count). The van der Waals surface area contributed by atoms with E-state index in [1.165, 1.54) is 11.1 Å². The van der Waals surface area contributed by atoms with Gasteiger partial charge in [0.2, 0.25) is 0 Å². The molecular formula is C15H20IN3. The average Bonchev–Trinajstić information content (AvgIpc) is 2.68. The van der Waals surface area contributed by atoms with Gasteiger partial charge in [-0.3, -0.25) is 0 Å². The minimum atomic E-state index is 0.216. The van der Waals surface area contributed by atoms with E-state index in [1.54, 1.807) is 0 Å². The summed E-state index contributed by atoms with van der Waals surface area (Å²) in [6.45, 7) is 6.34. The molecule has 1 heterocycles. The number of nitrogens with two attached hydrogens (primary N) is 1. The van der Waals surface area contributed by atoms with E-state index in [4.69, 9.17) is 5.73 Å². The van der Waals surface area contributed by atoms with Gasteiger partial charge in [0.05, 0.1) is 15.3 Å². The molecule has 1 atom stereocenters. The normalized spacial score (nSPS) is 12.6. The lowest BCUT2D eigenvalue weighted by molar-refractivity contribution is 0.513. The van der Waals surface area contributed by atoms with Crippen molar-refractivity contribution in [3.63, 3.8) is 0 Å². The van der Waals surface area contributed by atoms with Gasteiger partial charge in [0.15, 0.2) is 0 Å². The standard InChI is InChI=1S/C15H20IN3/c1-4-11-6-8-12(9-7-11)13(5-2)19-15(17)14(16)10(3)18-19/h6-9,13H,4-5,17H2,1-3H3. The van der Waals surface area contributed by atoms with Gasteiger partial charge in [-0.25, -0.2) is 4.68 Å². The van der Waals surface area contributed by atoms with Crippen molar-refractivity contribution in [1.29, 1.82) is 0 Å². The molecule has 2 aromatic rings. The number of hydrogen-bond acceptors (Lipinski definition) is 2. The lowest BCUT2D eigenvalue weighted by atomic mass is 10.0. The third kappa shape index (κ3) is 2.78. The number of hydrogen-bond donors (Lipinski definition) is 1. The molecule has 0 fully saturated rings. The van der Waals surface area contributed by atoms with Gasteiger partial charge < -0.3 is 5.73 Å². The molecule has 3 nitrogen and oxygen atoms in total. The van der Waals surface area contributed by atoms with Crippen molar-refractivity contribution in [2.24, 2.45) is 0 Å². The van der Waals surface area contributed by atoms with Crippen molar-refractivity contribution >= 4 is 28.4 Å². The van der Waals surface area contributed by atoms with E-state index in [0.29, 0.717) is 0 Å². The molecule has 0 saturated heterocycles. The van der Waals surface area contributed by atoms with Crippen LogP contribution in [0.15, 0.2) is 24.3 Å². The summed E-state index contributed by atoms with van der Waals surface area (Å²) >= 11 is 2.26. The second-order valence-corrected chi connectivity index (χ2v) is 5.83. The number of nitrogen functional groups attached to an aromatic ring is 1. The maximum Gasteiger partial charge on any atom is 0.136 e. The second-order valence-electron chi connectivity index (χ2n) is 4.75. The average molecular weight is 369 g/mol. The molecule has 0 spiro atoms. The van der Waals surface area contributed by atoms with Gasteiger partial charge in [-0.05, 0) is 53.5 Å². The number of aryl methyl sites for hydroxylation is 2. The van der Waals surface area contributed by atoms with Crippen molar-refractivity contribution in [1.82, 2.24) is 9.78 Å². The van der Waals surface area contributed by atoms with Crippen LogP contribution in [0.1, 0.15) is 43.1 Å². The Morgan fingerprint density at radius 2 is 1.89 bits per heavy atom. The predicted octanol–water partition coefficient (Wildman–Crippen LogP) is 3.94. The van der Waals surface area contributed by atoms with Crippen LogP contribution in [0.25, 0.3) is 0 Å². The maximum absolute atomic E-state index is 6.17. The molecular weight excluding hydrogens is 349 g/mol. The molecule has 1 aromatic heterocycles. The molecule has 0 aliphatic rings. The first-order chi connectivity index (χ1) is 9.08. The zero-order valence-corrected chi connectivity index (χ0v) is 13.8. The lowest BCUT2D eigenvalue weighted by Crippen LogP contribution is -2.14. The van der Waals surface area contributed by atoms with E-state index >= 15 is 0 Å². The molecule has 2 N–H and O–H groups in total. The first-order valence-electron chi connectivity index (χ1n) is 6.67. The minimum Gasteiger partial charge on any atom is -0.383 e. The van der Waals surface area contributed by atoms with Crippen LogP contribution in [-0.4, -0.2) is 9.78 Å². The Balaban J connectivity index is 2.40. The van der Waals surface area contributed by atoms with Gasteiger partial charge in [0.1, 0.15) is 5.82 Å². The van der Waals surface area contributed by atoms with E-state index < -0.39 is 0 Å². The number of nitrogens with zero attached hydrogens (tertiary/aromatic N) is 2. The first kappa shape index (κ1) is 14.4. The summed E-state index contributed by atoms with van der Waals surface area (Å²) in [5, 5.41) is 4.58. The van der Waals surface area contributed by atoms with Crippen LogP contribution in [0.2, 0.25) is 0 Å². The maximum atomic E-state index is 6.17. The van der Waals surface area contributed by atoms with Crippen LogP contribution >= 0.6 is 22.6 Å². The Morgan fingerprint density at radius 3 is 2.32 bits per heavy atom. The molecule has 102 valence electrons. The first-order valence-corrected chi connectivity index (χ1v) is 7.75. The van der Waals surface area contributed by atoms with Gasteiger partial charge in [-0.15, -0.1) is 0 Å². The van der Waals surface area contributed by atoms with Crippen LogP contribution in [0.5, 0.6) is 0 Å². The highest BCUT2D eigenvalue weighted by Gasteiger charge is 2.18. The van der Waals surface area contributed by atoms with Crippen molar-refractivity contribution < 1.29 is 0 Å². The topological polar surface area (TPSA) is 43.8 Å². The highest BCUT2D eigenvalue weighted by atomic mass is 127. The van der Waals surface area contributed by atoms with Crippen molar-refractivity contribution in [3.05, 3.63) is 44.7 Å². The third-order valence-electron chi connectivity index (χ3n) is 3.50. The molecule has 0 aliphatic heterocycles. The molecule has 0 radical (unpaired) electrons. The quantitative estimate of drug-likeness (QED) is 0.830. The number of aromatic nitrogens is 2. The largest absolute Gasteiger partial charge is 0.383 e. The van der Waals surface area contributed by atoms with Crippen LogP contribution in [0.3, 0.4) is 0 Å². The molecule has 19 heavy (non-hydrogen) atoms. The highest BCUT2D eigenvalue weighted by molar-refractivity contribution is 14.1. The second kappa shape index (κ2) is 5.94. The summed E-state index contributed by atoms with van der Waals surface area (Å²) in [5.41, 5.74) is 9.80. The minimum absolute atomic E-state index is 0.216. The number of halogens is 1. The number of benzene rings is 1. The fourth-order valence-electron chi connectivity index (χ4n) is 2.31. The van der Waals surface area contributed by atoms with Crippen LogP contribution in [-0.2, 0) is 6.42 Å². The van der Waals surface area contributed by atoms with Crippen molar-refractivity contribution in [2.45, 2.75) is 39.7 Å². The van der Waals surface area contributed by atoms with E-state index in [1.807, 2.05) is 11.6 Å². The number of rotatable bonds is 4. The monoisotopic (exact) mass is 369 g/mol.